The molecule has 1 aliphatic carbocycles. The molecule has 0 aromatic heterocycles. The van der Waals surface area contributed by atoms with Gasteiger partial charge in [0.2, 0.25) is 0 Å². The lowest BCUT2D eigenvalue weighted by Crippen LogP contribution is -2.28. The highest BCUT2D eigenvalue weighted by Gasteiger charge is 2.45. The van der Waals surface area contributed by atoms with Gasteiger partial charge in [0.15, 0.2) is 0 Å². The predicted octanol–water partition coefficient (Wildman–Crippen LogP) is 20.5. The Morgan fingerprint density at radius 2 is 0.794 bits per heavy atom. The predicted molar refractivity (Wildman–Crippen MR) is 302 cm³/mol. The van der Waals surface area contributed by atoms with Crippen molar-refractivity contribution in [3.8, 4) is 11.1 Å². The Labute approximate surface area is 426 Å². The zero-order chi connectivity index (χ0) is 48.1. The third kappa shape index (κ3) is 10.3. The van der Waals surface area contributed by atoms with Gasteiger partial charge in [-0.1, -0.05) is 175 Å². The fourth-order valence-electron chi connectivity index (χ4n) is 11.6. The smallest absolute Gasteiger partial charge is 0.0520 e. The first kappa shape index (κ1) is 49.5. The van der Waals surface area contributed by atoms with Crippen LogP contribution in [0.15, 0.2) is 136 Å². The Morgan fingerprint density at radius 1 is 0.397 bits per heavy atom. The van der Waals surface area contributed by atoms with E-state index in [-0.39, 0.29) is 0 Å². The lowest BCUT2D eigenvalue weighted by molar-refractivity contribution is 0.506. The van der Waals surface area contributed by atoms with Crippen LogP contribution in [-0.4, -0.2) is 0 Å². The molecule has 0 N–H and O–H groups in total. The molecule has 352 valence electrons. The standard InChI is InChI=1S/C64H72Br2N2/c1-10-12-14-16-17-19-33-64(51-39-45(5)38-50(40-51)20-18-15-13-11-2)60-41-56(67(54-25-21-52(65)22-26-54)62-46(6)34-43(3)35-47(62)7)29-31-58(60)59-32-30-57(42-61(59)64)68(55-27-23-53(66)24-28-55)63-48(8)36-44(4)37-49(63)9/h21-32,34-42H,10-20,33H2,1-9H3. The molecule has 0 aliphatic heterocycles. The maximum atomic E-state index is 3.76. The molecule has 0 fully saturated rings. The number of unbranched alkanes of at least 4 members (excludes halogenated alkanes) is 8. The van der Waals surface area contributed by atoms with Gasteiger partial charge in [-0.05, 0) is 196 Å². The molecule has 0 radical (unpaired) electrons. The number of anilines is 6. The molecule has 68 heavy (non-hydrogen) atoms. The molecule has 0 saturated heterocycles. The van der Waals surface area contributed by atoms with Crippen LogP contribution in [0.5, 0.6) is 0 Å². The van der Waals surface area contributed by atoms with Crippen LogP contribution in [0.1, 0.15) is 146 Å². The van der Waals surface area contributed by atoms with Gasteiger partial charge in [-0.25, -0.2) is 0 Å². The largest absolute Gasteiger partial charge is 0.310 e. The average Bonchev–Trinajstić information content (AvgIpc) is 3.58. The number of benzene rings is 7. The number of halogens is 2. The molecule has 2 nitrogen and oxygen atoms in total. The van der Waals surface area contributed by atoms with E-state index in [0.29, 0.717) is 0 Å². The van der Waals surface area contributed by atoms with E-state index in [1.54, 1.807) is 0 Å². The lowest BCUT2D eigenvalue weighted by Gasteiger charge is -2.36. The summed E-state index contributed by atoms with van der Waals surface area (Å²) < 4.78 is 2.16. The fourth-order valence-corrected chi connectivity index (χ4v) is 12.1. The Bertz CT molecular complexity index is 2670. The van der Waals surface area contributed by atoms with Crippen LogP contribution in [0.3, 0.4) is 0 Å². The first-order chi connectivity index (χ1) is 32.8. The minimum absolute atomic E-state index is 0.392. The van der Waals surface area contributed by atoms with Crippen molar-refractivity contribution in [1.82, 2.24) is 0 Å². The van der Waals surface area contributed by atoms with Crippen LogP contribution < -0.4 is 9.80 Å². The van der Waals surface area contributed by atoms with Gasteiger partial charge in [-0.2, -0.15) is 0 Å². The number of hydrogen-bond acceptors (Lipinski definition) is 2. The number of fused-ring (bicyclic) bond motifs is 3. The van der Waals surface area contributed by atoms with Crippen LogP contribution in [0.2, 0.25) is 0 Å². The molecule has 7 aromatic rings. The normalized spacial score (nSPS) is 12.6. The summed E-state index contributed by atoms with van der Waals surface area (Å²) >= 11 is 7.52. The van der Waals surface area contributed by atoms with Gasteiger partial charge in [-0.15, -0.1) is 0 Å². The highest BCUT2D eigenvalue weighted by Crippen LogP contribution is 2.58. The molecule has 0 saturated carbocycles. The van der Waals surface area contributed by atoms with E-state index in [2.05, 4.69) is 231 Å². The van der Waals surface area contributed by atoms with Crippen molar-refractivity contribution < 1.29 is 0 Å². The van der Waals surface area contributed by atoms with E-state index in [0.717, 1.165) is 39.6 Å². The van der Waals surface area contributed by atoms with Crippen molar-refractivity contribution in [1.29, 1.82) is 0 Å². The first-order valence-corrected chi connectivity index (χ1v) is 27.1. The van der Waals surface area contributed by atoms with E-state index in [9.17, 15) is 0 Å². The monoisotopic (exact) mass is 1030 g/mol. The zero-order valence-corrected chi connectivity index (χ0v) is 45.4. The van der Waals surface area contributed by atoms with Crippen LogP contribution in [0.25, 0.3) is 11.1 Å². The second-order valence-electron chi connectivity index (χ2n) is 20.0. The van der Waals surface area contributed by atoms with Crippen LogP contribution in [-0.2, 0) is 11.8 Å². The molecular formula is C64H72Br2N2. The first-order valence-electron chi connectivity index (χ1n) is 25.5. The minimum Gasteiger partial charge on any atom is -0.310 e. The summed E-state index contributed by atoms with van der Waals surface area (Å²) in [5, 5.41) is 0. The topological polar surface area (TPSA) is 6.48 Å². The molecule has 0 atom stereocenters. The molecular weight excluding hydrogens is 957 g/mol. The summed E-state index contributed by atoms with van der Waals surface area (Å²) in [6, 6.07) is 49.6. The molecule has 1 aliphatic rings. The molecule has 8 rings (SSSR count). The average molecular weight is 1030 g/mol. The number of aryl methyl sites for hydroxylation is 8. The van der Waals surface area contributed by atoms with E-state index in [1.165, 1.54) is 153 Å². The lowest BCUT2D eigenvalue weighted by atomic mass is 9.68. The van der Waals surface area contributed by atoms with Gasteiger partial charge in [0.05, 0.1) is 11.4 Å². The zero-order valence-electron chi connectivity index (χ0n) is 42.3. The minimum atomic E-state index is -0.392. The Kier molecular flexibility index (Phi) is 15.9. The van der Waals surface area contributed by atoms with Gasteiger partial charge in [0, 0.05) is 37.1 Å². The number of hydrogen-bond donors (Lipinski definition) is 0. The third-order valence-electron chi connectivity index (χ3n) is 14.5. The van der Waals surface area contributed by atoms with Crippen molar-refractivity contribution >= 4 is 66.0 Å². The number of nitrogens with zero attached hydrogens (tertiary/aromatic N) is 2. The van der Waals surface area contributed by atoms with Gasteiger partial charge in [-0.3, -0.25) is 0 Å². The summed E-state index contributed by atoms with van der Waals surface area (Å²) in [7, 11) is 0. The fraction of sp³-hybridized carbons (Fsp3) is 0.344. The summed E-state index contributed by atoms with van der Waals surface area (Å²) in [6.45, 7) is 20.5. The van der Waals surface area contributed by atoms with Crippen molar-refractivity contribution in [3.63, 3.8) is 0 Å². The molecule has 0 amide bonds. The second kappa shape index (κ2) is 21.8. The van der Waals surface area contributed by atoms with Gasteiger partial charge in [0.1, 0.15) is 0 Å². The van der Waals surface area contributed by atoms with Gasteiger partial charge < -0.3 is 9.80 Å². The maximum Gasteiger partial charge on any atom is 0.0520 e. The van der Waals surface area contributed by atoms with Crippen molar-refractivity contribution in [2.24, 2.45) is 0 Å². The molecule has 7 aromatic carbocycles. The van der Waals surface area contributed by atoms with Crippen LogP contribution in [0.4, 0.5) is 34.1 Å². The molecule has 0 heterocycles. The molecule has 0 spiro atoms. The van der Waals surface area contributed by atoms with Crippen molar-refractivity contribution in [2.75, 3.05) is 9.80 Å². The van der Waals surface area contributed by atoms with Crippen molar-refractivity contribution in [2.45, 2.75) is 145 Å². The van der Waals surface area contributed by atoms with E-state index in [4.69, 9.17) is 0 Å². The summed E-state index contributed by atoms with van der Waals surface area (Å²) in [5.74, 6) is 0. The van der Waals surface area contributed by atoms with Crippen LogP contribution in [0, 0.1) is 48.5 Å². The summed E-state index contributed by atoms with van der Waals surface area (Å²) in [5.41, 5.74) is 24.2. The van der Waals surface area contributed by atoms with Gasteiger partial charge >= 0.3 is 0 Å². The van der Waals surface area contributed by atoms with Crippen molar-refractivity contribution in [3.05, 3.63) is 198 Å². The Morgan fingerprint density at radius 3 is 1.25 bits per heavy atom. The third-order valence-corrected chi connectivity index (χ3v) is 15.5. The highest BCUT2D eigenvalue weighted by atomic mass is 79.9. The Balaban J connectivity index is 1.42. The molecule has 4 heteroatoms. The van der Waals surface area contributed by atoms with E-state index < -0.39 is 5.41 Å². The highest BCUT2D eigenvalue weighted by molar-refractivity contribution is 9.10. The SMILES string of the molecule is CCCCCCCCC1(c2cc(C)cc(CCCCCC)c2)c2cc(N(c3ccc(Br)cc3)c3c(C)cc(C)cc3C)ccc2-c2ccc(N(c3ccc(Br)cc3)c3c(C)cc(C)cc3C)cc21. The Hall–Kier alpha value is -4.90. The van der Waals surface area contributed by atoms with E-state index in [1.807, 2.05) is 0 Å². The second-order valence-corrected chi connectivity index (χ2v) is 21.9. The van der Waals surface area contributed by atoms with Gasteiger partial charge in [0.25, 0.3) is 0 Å². The number of rotatable bonds is 19. The maximum absolute atomic E-state index is 3.76. The summed E-state index contributed by atoms with van der Waals surface area (Å²) in [6.07, 6.45) is 14.7. The summed E-state index contributed by atoms with van der Waals surface area (Å²) in [4.78, 5) is 5.04. The van der Waals surface area contributed by atoms with E-state index >= 15 is 0 Å². The quantitative estimate of drug-likeness (QED) is 0.0745. The molecule has 0 unspecified atom stereocenters. The van der Waals surface area contributed by atoms with Crippen LogP contribution >= 0.6 is 31.9 Å². The molecule has 0 bridgehead atoms.